The summed E-state index contributed by atoms with van der Waals surface area (Å²) in [6, 6.07) is 0. The molecule has 7 unspecified atom stereocenters. The Bertz CT molecular complexity index is 971. The Kier molecular flexibility index (Phi) is 5.06. The highest BCUT2D eigenvalue weighted by Crippen LogP contribution is 2.76. The minimum Gasteiger partial charge on any atom is -0.481 e. The number of allylic oxidation sites excluding steroid dienone is 2. The van der Waals surface area contributed by atoms with Crippen LogP contribution >= 0.6 is 0 Å². The van der Waals surface area contributed by atoms with Crippen molar-refractivity contribution in [2.24, 2.45) is 50.2 Å². The molecule has 190 valence electrons. The van der Waals surface area contributed by atoms with Gasteiger partial charge in [0.15, 0.2) is 0 Å². The lowest BCUT2D eigenvalue weighted by molar-refractivity contribution is -0.190. The molecule has 0 heterocycles. The second kappa shape index (κ2) is 7.00. The molecule has 5 aliphatic carbocycles. The third-order valence-electron chi connectivity index (χ3n) is 13.1. The number of hydrogen-bond acceptors (Lipinski definition) is 2. The fraction of sp³-hybridized carbons (Fsp3) is 0.871. The Hall–Kier alpha value is -1.12. The van der Waals surface area contributed by atoms with Crippen LogP contribution in [-0.2, 0) is 9.59 Å². The van der Waals surface area contributed by atoms with Crippen LogP contribution in [0.25, 0.3) is 0 Å². The van der Waals surface area contributed by atoms with Gasteiger partial charge < -0.3 is 5.11 Å². The second-order valence-corrected chi connectivity index (χ2v) is 15.3. The largest absolute Gasteiger partial charge is 0.481 e. The number of aliphatic carboxylic acids is 1. The van der Waals surface area contributed by atoms with E-state index in [0.717, 1.165) is 64.2 Å². The Balaban J connectivity index is 1.65. The van der Waals surface area contributed by atoms with E-state index < -0.39 is 11.4 Å². The summed E-state index contributed by atoms with van der Waals surface area (Å²) in [4.78, 5) is 25.8. The van der Waals surface area contributed by atoms with Crippen molar-refractivity contribution in [3.63, 3.8) is 0 Å². The van der Waals surface area contributed by atoms with Crippen molar-refractivity contribution in [3.05, 3.63) is 11.1 Å². The average molecular weight is 469 g/mol. The molecule has 0 spiro atoms. The van der Waals surface area contributed by atoms with Gasteiger partial charge in [-0.1, -0.05) is 59.6 Å². The van der Waals surface area contributed by atoms with Gasteiger partial charge in [0.05, 0.1) is 5.41 Å². The summed E-state index contributed by atoms with van der Waals surface area (Å²) in [6.07, 6.45) is 9.79. The SMILES string of the molecule is CC1=C2C3CC(C)(C)CCC3(C(=O)O)CCC2(C)C2(C)CCC3C(C)(C)C(=O)CCC3(C)C2C1. The van der Waals surface area contributed by atoms with Gasteiger partial charge in [-0.15, -0.1) is 0 Å². The molecular formula is C31H48O3. The lowest BCUT2D eigenvalue weighted by Crippen LogP contribution is -2.65. The van der Waals surface area contributed by atoms with Crippen LogP contribution in [0.2, 0.25) is 0 Å². The number of Topliss-reactive ketones (excluding diaryl/α,β-unsaturated/α-hetero) is 1. The number of carbonyl (C=O) groups is 2. The zero-order valence-electron chi connectivity index (χ0n) is 23.1. The second-order valence-electron chi connectivity index (χ2n) is 15.3. The van der Waals surface area contributed by atoms with Crippen LogP contribution in [0, 0.1) is 50.2 Å². The monoisotopic (exact) mass is 468 g/mol. The van der Waals surface area contributed by atoms with E-state index in [4.69, 9.17) is 0 Å². The van der Waals surface area contributed by atoms with Crippen LogP contribution in [0.3, 0.4) is 0 Å². The third-order valence-corrected chi connectivity index (χ3v) is 13.1. The van der Waals surface area contributed by atoms with Gasteiger partial charge in [-0.25, -0.2) is 0 Å². The summed E-state index contributed by atoms with van der Waals surface area (Å²) in [5.74, 6) is 1.09. The van der Waals surface area contributed by atoms with E-state index in [2.05, 4.69) is 55.4 Å². The predicted octanol–water partition coefficient (Wildman–Crippen LogP) is 7.83. The highest BCUT2D eigenvalue weighted by Gasteiger charge is 2.69. The number of carbonyl (C=O) groups excluding carboxylic acids is 1. The van der Waals surface area contributed by atoms with E-state index in [1.54, 1.807) is 5.57 Å². The summed E-state index contributed by atoms with van der Waals surface area (Å²) in [7, 11) is 0. The number of hydrogen-bond donors (Lipinski definition) is 1. The first kappa shape index (κ1) is 24.6. The standard InChI is InChI=1S/C31H48O3/c1-19-17-22-28(6)11-10-23(32)27(4,5)21(28)9-12-29(22,7)30(8)14-16-31(25(33)34)15-13-26(2,3)18-20(31)24(19)30/h20-22H,9-18H2,1-8H3,(H,33,34). The summed E-state index contributed by atoms with van der Waals surface area (Å²) < 4.78 is 0. The number of carboxylic acids is 1. The third kappa shape index (κ3) is 2.82. The molecule has 0 bridgehead atoms. The molecule has 34 heavy (non-hydrogen) atoms. The van der Waals surface area contributed by atoms with Crippen molar-refractivity contribution < 1.29 is 14.7 Å². The van der Waals surface area contributed by atoms with E-state index in [0.29, 0.717) is 17.6 Å². The predicted molar refractivity (Wildman–Crippen MR) is 136 cm³/mol. The fourth-order valence-electron chi connectivity index (χ4n) is 10.9. The molecule has 0 aromatic carbocycles. The van der Waals surface area contributed by atoms with Crippen molar-refractivity contribution in [2.45, 2.75) is 120 Å². The van der Waals surface area contributed by atoms with E-state index in [1.807, 2.05) is 0 Å². The summed E-state index contributed by atoms with van der Waals surface area (Å²) in [5, 5.41) is 10.6. The molecule has 0 amide bonds. The Labute approximate surface area is 207 Å². The van der Waals surface area contributed by atoms with Crippen LogP contribution in [-0.4, -0.2) is 16.9 Å². The first-order chi connectivity index (χ1) is 15.6. The molecule has 0 aromatic heterocycles. The van der Waals surface area contributed by atoms with Crippen LogP contribution in [0.1, 0.15) is 120 Å². The Morgan fingerprint density at radius 2 is 1.53 bits per heavy atom. The van der Waals surface area contributed by atoms with Gasteiger partial charge in [0.2, 0.25) is 0 Å². The lowest BCUT2D eigenvalue weighted by Gasteiger charge is -2.71. The maximum absolute atomic E-state index is 13.0. The van der Waals surface area contributed by atoms with Gasteiger partial charge in [0.25, 0.3) is 0 Å². The quantitative estimate of drug-likeness (QED) is 0.399. The zero-order valence-corrected chi connectivity index (χ0v) is 23.1. The number of ketones is 1. The number of rotatable bonds is 1. The zero-order chi connectivity index (χ0) is 25.1. The van der Waals surface area contributed by atoms with Crippen LogP contribution in [0.15, 0.2) is 11.1 Å². The molecule has 1 N–H and O–H groups in total. The van der Waals surface area contributed by atoms with E-state index >= 15 is 0 Å². The van der Waals surface area contributed by atoms with E-state index in [9.17, 15) is 14.7 Å². The summed E-state index contributed by atoms with van der Waals surface area (Å²) in [6.45, 7) is 19.1. The fourth-order valence-corrected chi connectivity index (χ4v) is 10.9. The van der Waals surface area contributed by atoms with Crippen LogP contribution in [0.5, 0.6) is 0 Å². The molecule has 0 radical (unpaired) electrons. The van der Waals surface area contributed by atoms with E-state index in [1.165, 1.54) is 5.57 Å². The molecule has 7 atom stereocenters. The van der Waals surface area contributed by atoms with Crippen LogP contribution < -0.4 is 0 Å². The molecule has 3 heteroatoms. The topological polar surface area (TPSA) is 54.4 Å². The van der Waals surface area contributed by atoms with Gasteiger partial charge in [0.1, 0.15) is 5.78 Å². The highest BCUT2D eigenvalue weighted by atomic mass is 16.4. The molecular weight excluding hydrogens is 420 g/mol. The molecule has 5 rings (SSSR count). The lowest BCUT2D eigenvalue weighted by atomic mass is 9.33. The van der Waals surface area contributed by atoms with Gasteiger partial charge in [-0.3, -0.25) is 9.59 Å². The molecule has 0 aromatic rings. The number of fused-ring (bicyclic) bond motifs is 7. The van der Waals surface area contributed by atoms with Crippen molar-refractivity contribution in [1.29, 1.82) is 0 Å². The minimum absolute atomic E-state index is 0.0522. The molecule has 4 saturated carbocycles. The molecule has 0 saturated heterocycles. The van der Waals surface area contributed by atoms with Gasteiger partial charge in [-0.05, 0) is 104 Å². The maximum Gasteiger partial charge on any atom is 0.310 e. The van der Waals surface area contributed by atoms with Gasteiger partial charge in [0, 0.05) is 11.8 Å². The summed E-state index contributed by atoms with van der Waals surface area (Å²) >= 11 is 0. The molecule has 3 nitrogen and oxygen atoms in total. The highest BCUT2D eigenvalue weighted by molar-refractivity contribution is 5.85. The van der Waals surface area contributed by atoms with Crippen molar-refractivity contribution in [3.8, 4) is 0 Å². The summed E-state index contributed by atoms with van der Waals surface area (Å²) in [5.41, 5.74) is 2.82. The van der Waals surface area contributed by atoms with Crippen LogP contribution in [0.4, 0.5) is 0 Å². The first-order valence-electron chi connectivity index (χ1n) is 14.0. The Morgan fingerprint density at radius 3 is 2.18 bits per heavy atom. The Morgan fingerprint density at radius 1 is 0.882 bits per heavy atom. The molecule has 5 aliphatic rings. The molecule has 0 aliphatic heterocycles. The maximum atomic E-state index is 13.0. The van der Waals surface area contributed by atoms with Crippen molar-refractivity contribution >= 4 is 11.8 Å². The average Bonchev–Trinajstić information content (AvgIpc) is 2.72. The minimum atomic E-state index is -0.574. The van der Waals surface area contributed by atoms with E-state index in [-0.39, 0.29) is 33.0 Å². The number of carboxylic acid groups (broad SMARTS) is 1. The smallest absolute Gasteiger partial charge is 0.310 e. The van der Waals surface area contributed by atoms with Crippen molar-refractivity contribution in [2.75, 3.05) is 0 Å². The van der Waals surface area contributed by atoms with Gasteiger partial charge in [-0.2, -0.15) is 0 Å². The van der Waals surface area contributed by atoms with Crippen molar-refractivity contribution in [1.82, 2.24) is 0 Å². The molecule has 4 fully saturated rings. The van der Waals surface area contributed by atoms with Gasteiger partial charge >= 0.3 is 5.97 Å². The normalized spacial score (nSPS) is 49.4. The first-order valence-corrected chi connectivity index (χ1v) is 14.0.